The minimum Gasteiger partial charge on any atom is -0.512 e. The van der Waals surface area contributed by atoms with Gasteiger partial charge in [-0.3, -0.25) is 4.79 Å². The van der Waals surface area contributed by atoms with Gasteiger partial charge in [0.15, 0.2) is 5.78 Å². The largest absolute Gasteiger partial charge is 0.512 e. The van der Waals surface area contributed by atoms with Crippen molar-refractivity contribution in [1.82, 2.24) is 4.90 Å². The average Bonchev–Trinajstić information content (AvgIpc) is 2.36. The van der Waals surface area contributed by atoms with E-state index < -0.39 is 5.60 Å². The van der Waals surface area contributed by atoms with Gasteiger partial charge in [0.1, 0.15) is 5.60 Å². The molecule has 1 aliphatic heterocycles. The summed E-state index contributed by atoms with van der Waals surface area (Å²) in [5.74, 6) is -0.0415. The molecule has 5 nitrogen and oxygen atoms in total. The van der Waals surface area contributed by atoms with Crippen LogP contribution in [0.5, 0.6) is 0 Å². The van der Waals surface area contributed by atoms with Crippen molar-refractivity contribution in [2.75, 3.05) is 13.1 Å². The lowest BCUT2D eigenvalue weighted by Gasteiger charge is -2.32. The third-order valence-electron chi connectivity index (χ3n) is 3.22. The lowest BCUT2D eigenvalue weighted by atomic mass is 9.92. The molecule has 0 spiro atoms. The number of aliphatic hydroxyl groups excluding tert-OH is 1. The fourth-order valence-electron chi connectivity index (χ4n) is 2.06. The Morgan fingerprint density at radius 3 is 2.30 bits per heavy atom. The Morgan fingerprint density at radius 1 is 1.30 bits per heavy atom. The van der Waals surface area contributed by atoms with Crippen LogP contribution in [0.25, 0.3) is 0 Å². The molecule has 0 bridgehead atoms. The number of piperidine rings is 1. The molecular formula is C15H25NO4. The summed E-state index contributed by atoms with van der Waals surface area (Å²) >= 11 is 0. The van der Waals surface area contributed by atoms with E-state index in [-0.39, 0.29) is 23.6 Å². The first-order chi connectivity index (χ1) is 9.23. The fraction of sp³-hybridized carbons (Fsp3) is 0.733. The van der Waals surface area contributed by atoms with Crippen LogP contribution in [0.15, 0.2) is 11.8 Å². The third kappa shape index (κ3) is 5.23. The summed E-state index contributed by atoms with van der Waals surface area (Å²) in [6.07, 6.45) is 2.68. The van der Waals surface area contributed by atoms with Crippen LogP contribution in [0, 0.1) is 5.92 Å². The maximum atomic E-state index is 11.9. The Hall–Kier alpha value is -1.52. The minimum absolute atomic E-state index is 0.0480. The highest BCUT2D eigenvalue weighted by Gasteiger charge is 2.29. The molecule has 0 aromatic heterocycles. The van der Waals surface area contributed by atoms with Gasteiger partial charge >= 0.3 is 6.09 Å². The number of allylic oxidation sites excluding steroid dienone is 2. The maximum Gasteiger partial charge on any atom is 0.410 e. The fourth-order valence-corrected chi connectivity index (χ4v) is 2.06. The van der Waals surface area contributed by atoms with E-state index in [1.165, 1.54) is 6.08 Å². The average molecular weight is 283 g/mol. The van der Waals surface area contributed by atoms with Crippen LogP contribution >= 0.6 is 0 Å². The quantitative estimate of drug-likeness (QED) is 0.638. The highest BCUT2D eigenvalue weighted by Crippen LogP contribution is 2.21. The second kappa shape index (κ2) is 6.77. The topological polar surface area (TPSA) is 66.8 Å². The van der Waals surface area contributed by atoms with E-state index in [0.29, 0.717) is 32.4 Å². The Labute approximate surface area is 120 Å². The predicted octanol–water partition coefficient (Wildman–Crippen LogP) is 3.05. The first kappa shape index (κ1) is 16.5. The summed E-state index contributed by atoms with van der Waals surface area (Å²) in [6, 6.07) is 0. The van der Waals surface area contributed by atoms with Gasteiger partial charge in [0.25, 0.3) is 0 Å². The van der Waals surface area contributed by atoms with Gasteiger partial charge in [-0.05, 0) is 33.6 Å². The van der Waals surface area contributed by atoms with E-state index in [0.717, 1.165) is 0 Å². The molecule has 0 aromatic carbocycles. The summed E-state index contributed by atoms with van der Waals surface area (Å²) in [5, 5.41) is 9.38. The SMILES string of the molecule is CCC(O)=CC(=O)C1CCN(C(=O)OC(C)(C)C)CC1. The van der Waals surface area contributed by atoms with Crippen LogP contribution < -0.4 is 0 Å². The number of hydrogen-bond acceptors (Lipinski definition) is 4. The van der Waals surface area contributed by atoms with Crippen molar-refractivity contribution in [2.24, 2.45) is 5.92 Å². The van der Waals surface area contributed by atoms with Crippen LogP contribution in [0.1, 0.15) is 47.0 Å². The number of ether oxygens (including phenoxy) is 1. The number of ketones is 1. The van der Waals surface area contributed by atoms with Crippen molar-refractivity contribution in [3.8, 4) is 0 Å². The molecule has 0 unspecified atom stereocenters. The van der Waals surface area contributed by atoms with Crippen molar-refractivity contribution in [1.29, 1.82) is 0 Å². The molecule has 1 fully saturated rings. The van der Waals surface area contributed by atoms with E-state index in [1.54, 1.807) is 11.8 Å². The summed E-state index contributed by atoms with van der Waals surface area (Å²) in [7, 11) is 0. The molecule has 1 saturated heterocycles. The van der Waals surface area contributed by atoms with E-state index in [9.17, 15) is 14.7 Å². The van der Waals surface area contributed by atoms with Crippen LogP contribution in [-0.2, 0) is 9.53 Å². The smallest absolute Gasteiger partial charge is 0.410 e. The van der Waals surface area contributed by atoms with Crippen molar-refractivity contribution < 1.29 is 19.4 Å². The van der Waals surface area contributed by atoms with Gasteiger partial charge in [-0.1, -0.05) is 6.92 Å². The zero-order chi connectivity index (χ0) is 15.3. The summed E-state index contributed by atoms with van der Waals surface area (Å²) in [5.41, 5.74) is -0.501. The lowest BCUT2D eigenvalue weighted by Crippen LogP contribution is -2.42. The summed E-state index contributed by atoms with van der Waals surface area (Å²) in [4.78, 5) is 25.4. The van der Waals surface area contributed by atoms with Crippen LogP contribution in [0.3, 0.4) is 0 Å². The van der Waals surface area contributed by atoms with Crippen LogP contribution in [-0.4, -0.2) is 40.6 Å². The molecule has 1 aliphatic rings. The highest BCUT2D eigenvalue weighted by molar-refractivity contribution is 5.92. The molecule has 0 aliphatic carbocycles. The third-order valence-corrected chi connectivity index (χ3v) is 3.22. The number of aliphatic hydroxyl groups is 1. The van der Waals surface area contributed by atoms with Gasteiger partial charge in [0, 0.05) is 31.5 Å². The van der Waals surface area contributed by atoms with Gasteiger partial charge in [-0.15, -0.1) is 0 Å². The van der Waals surface area contributed by atoms with Crippen LogP contribution in [0.2, 0.25) is 0 Å². The predicted molar refractivity (Wildman–Crippen MR) is 76.5 cm³/mol. The van der Waals surface area contributed by atoms with E-state index in [2.05, 4.69) is 0 Å². The zero-order valence-electron chi connectivity index (χ0n) is 12.8. The van der Waals surface area contributed by atoms with Crippen molar-refractivity contribution in [2.45, 2.75) is 52.6 Å². The monoisotopic (exact) mass is 283 g/mol. The molecule has 1 amide bonds. The van der Waals surface area contributed by atoms with Gasteiger partial charge in [0.05, 0.1) is 5.76 Å². The molecule has 0 atom stereocenters. The first-order valence-corrected chi connectivity index (χ1v) is 7.14. The number of amides is 1. The standard InChI is InChI=1S/C15H25NO4/c1-5-12(17)10-13(18)11-6-8-16(9-7-11)14(19)20-15(2,3)4/h10-11,17H,5-9H2,1-4H3. The molecule has 1 heterocycles. The van der Waals surface area contributed by atoms with Crippen LogP contribution in [0.4, 0.5) is 4.79 Å². The number of carbonyl (C=O) groups is 2. The van der Waals surface area contributed by atoms with Crippen molar-refractivity contribution in [3.05, 3.63) is 11.8 Å². The Bertz CT molecular complexity index is 387. The zero-order valence-corrected chi connectivity index (χ0v) is 12.8. The second-order valence-corrected chi connectivity index (χ2v) is 6.13. The summed E-state index contributed by atoms with van der Waals surface area (Å²) < 4.78 is 5.30. The number of hydrogen-bond donors (Lipinski definition) is 1. The highest BCUT2D eigenvalue weighted by atomic mass is 16.6. The summed E-state index contributed by atoms with van der Waals surface area (Å²) in [6.45, 7) is 8.33. The number of nitrogens with zero attached hydrogens (tertiary/aromatic N) is 1. The minimum atomic E-state index is -0.501. The lowest BCUT2D eigenvalue weighted by molar-refractivity contribution is -0.119. The molecule has 1 N–H and O–H groups in total. The number of rotatable bonds is 3. The molecule has 0 aromatic rings. The number of carbonyl (C=O) groups excluding carboxylic acids is 2. The molecule has 20 heavy (non-hydrogen) atoms. The second-order valence-electron chi connectivity index (χ2n) is 6.13. The van der Waals surface area contributed by atoms with Crippen molar-refractivity contribution in [3.63, 3.8) is 0 Å². The molecular weight excluding hydrogens is 258 g/mol. The number of likely N-dealkylation sites (tertiary alicyclic amines) is 1. The van der Waals surface area contributed by atoms with Crippen molar-refractivity contribution >= 4 is 11.9 Å². The Balaban J connectivity index is 2.48. The van der Waals surface area contributed by atoms with Gasteiger partial charge < -0.3 is 14.7 Å². The van der Waals surface area contributed by atoms with Gasteiger partial charge in [-0.25, -0.2) is 4.79 Å². The molecule has 5 heteroatoms. The maximum absolute atomic E-state index is 11.9. The van der Waals surface area contributed by atoms with E-state index in [4.69, 9.17) is 4.74 Å². The van der Waals surface area contributed by atoms with Gasteiger partial charge in [0.2, 0.25) is 0 Å². The molecule has 1 rings (SSSR count). The first-order valence-electron chi connectivity index (χ1n) is 7.14. The Morgan fingerprint density at radius 2 is 1.85 bits per heavy atom. The molecule has 0 radical (unpaired) electrons. The van der Waals surface area contributed by atoms with E-state index >= 15 is 0 Å². The van der Waals surface area contributed by atoms with E-state index in [1.807, 2.05) is 20.8 Å². The van der Waals surface area contributed by atoms with Gasteiger partial charge in [-0.2, -0.15) is 0 Å². The molecule has 114 valence electrons. The Kier molecular flexibility index (Phi) is 5.60. The molecule has 0 saturated carbocycles. The normalized spacial score (nSPS) is 18.0.